The van der Waals surface area contributed by atoms with Gasteiger partial charge in [-0.15, -0.1) is 0 Å². The number of benzene rings is 2. The van der Waals surface area contributed by atoms with Gasteiger partial charge in [-0.25, -0.2) is 17.9 Å². The molecule has 1 amide bonds. The topological polar surface area (TPSA) is 127 Å². The number of sulfonamides is 1. The van der Waals surface area contributed by atoms with Crippen LogP contribution in [0, 0.1) is 0 Å². The number of carboxylic acid groups (broad SMARTS) is 1. The summed E-state index contributed by atoms with van der Waals surface area (Å²) < 4.78 is 57.8. The highest BCUT2D eigenvalue weighted by Crippen LogP contribution is 2.20. The molecule has 152 valence electrons. The lowest BCUT2D eigenvalue weighted by molar-refractivity contribution is -0.192. The van der Waals surface area contributed by atoms with Crippen molar-refractivity contribution < 1.29 is 36.3 Å². The smallest absolute Gasteiger partial charge is 0.475 e. The number of nitrogens with one attached hydrogen (secondary N) is 1. The summed E-state index contributed by atoms with van der Waals surface area (Å²) in [5.74, 6) is -3.59. The molecule has 13 heteroatoms. The average molecular weight is 459 g/mol. The highest BCUT2D eigenvalue weighted by atomic mass is 35.5. The summed E-state index contributed by atoms with van der Waals surface area (Å²) in [5, 5.41) is 7.58. The van der Waals surface area contributed by atoms with Gasteiger partial charge < -0.3 is 10.8 Å². The van der Waals surface area contributed by atoms with Crippen molar-refractivity contribution in [2.75, 3.05) is 5.73 Å². The van der Waals surface area contributed by atoms with Gasteiger partial charge in [0.25, 0.3) is 15.9 Å². The first-order valence-electron chi connectivity index (χ1n) is 6.92. The Morgan fingerprint density at radius 2 is 1.54 bits per heavy atom. The Balaban J connectivity index is 0.000000480. The standard InChI is InChI=1S/C13H10Cl2N2O3S.C2HF3O2/c14-8-1-4-10(5-2-8)21(19,20)17-13(18)11-6-3-9(16)7-12(11)15;3-2(4,5)1(6)7/h1-7H,16H2,(H,17,18);(H,6,7). The van der Waals surface area contributed by atoms with Crippen LogP contribution in [0.1, 0.15) is 10.4 Å². The third-order valence-electron chi connectivity index (χ3n) is 2.83. The maximum Gasteiger partial charge on any atom is 0.490 e. The Labute approximate surface area is 166 Å². The molecule has 0 bridgehead atoms. The quantitative estimate of drug-likeness (QED) is 0.605. The summed E-state index contributed by atoms with van der Waals surface area (Å²) in [7, 11) is -4.00. The Bertz CT molecular complexity index is 980. The number of nitrogens with two attached hydrogens (primary N) is 1. The second-order valence-electron chi connectivity index (χ2n) is 4.93. The molecule has 0 saturated heterocycles. The molecule has 28 heavy (non-hydrogen) atoms. The summed E-state index contributed by atoms with van der Waals surface area (Å²) in [5.41, 5.74) is 5.90. The summed E-state index contributed by atoms with van der Waals surface area (Å²) in [6, 6.07) is 9.59. The summed E-state index contributed by atoms with van der Waals surface area (Å²) >= 11 is 11.6. The van der Waals surface area contributed by atoms with E-state index in [1.54, 1.807) is 0 Å². The first-order chi connectivity index (χ1) is 12.7. The Morgan fingerprint density at radius 3 is 1.96 bits per heavy atom. The van der Waals surface area contributed by atoms with E-state index in [9.17, 15) is 26.4 Å². The number of halogens is 5. The summed E-state index contributed by atoms with van der Waals surface area (Å²) in [6.07, 6.45) is -5.08. The molecule has 0 aliphatic carbocycles. The van der Waals surface area contributed by atoms with Gasteiger partial charge in [0.2, 0.25) is 0 Å². The molecule has 0 heterocycles. The largest absolute Gasteiger partial charge is 0.490 e. The molecule has 0 unspecified atom stereocenters. The number of anilines is 1. The first kappa shape index (κ1) is 23.5. The molecule has 2 rings (SSSR count). The first-order valence-corrected chi connectivity index (χ1v) is 9.16. The second kappa shape index (κ2) is 9.13. The maximum absolute atomic E-state index is 12.1. The van der Waals surface area contributed by atoms with Gasteiger partial charge in [0.05, 0.1) is 15.5 Å². The van der Waals surface area contributed by atoms with Gasteiger partial charge in [-0.2, -0.15) is 13.2 Å². The van der Waals surface area contributed by atoms with Crippen molar-refractivity contribution in [1.29, 1.82) is 0 Å². The molecule has 0 atom stereocenters. The number of alkyl halides is 3. The van der Waals surface area contributed by atoms with Crippen molar-refractivity contribution in [2.24, 2.45) is 0 Å². The highest BCUT2D eigenvalue weighted by Gasteiger charge is 2.38. The molecule has 0 fully saturated rings. The molecule has 7 nitrogen and oxygen atoms in total. The predicted molar refractivity (Wildman–Crippen MR) is 95.7 cm³/mol. The number of carbonyl (C=O) groups is 2. The SMILES string of the molecule is Nc1ccc(C(=O)NS(=O)(=O)c2ccc(Cl)cc2)c(Cl)c1.O=C(O)C(F)(F)F. The molecule has 2 aromatic rings. The normalized spacial score (nSPS) is 11.2. The van der Waals surface area contributed by atoms with Gasteiger partial charge in [-0.3, -0.25) is 4.79 Å². The Kier molecular flexibility index (Phi) is 7.67. The number of carbonyl (C=O) groups excluding carboxylic acids is 1. The van der Waals surface area contributed by atoms with Crippen LogP contribution in [0.15, 0.2) is 47.4 Å². The van der Waals surface area contributed by atoms with E-state index >= 15 is 0 Å². The number of carboxylic acids is 1. The van der Waals surface area contributed by atoms with Gasteiger partial charge in [0.1, 0.15) is 0 Å². The van der Waals surface area contributed by atoms with Crippen molar-refractivity contribution in [3.63, 3.8) is 0 Å². The van der Waals surface area contributed by atoms with E-state index < -0.39 is 28.1 Å². The van der Waals surface area contributed by atoms with Gasteiger partial charge in [-0.05, 0) is 42.5 Å². The van der Waals surface area contributed by atoms with E-state index in [1.165, 1.54) is 42.5 Å². The van der Waals surface area contributed by atoms with Crippen LogP contribution in [0.5, 0.6) is 0 Å². The van der Waals surface area contributed by atoms with E-state index in [-0.39, 0.29) is 15.5 Å². The minimum absolute atomic E-state index is 0.0170. The van der Waals surface area contributed by atoms with Crippen LogP contribution in [0.4, 0.5) is 18.9 Å². The zero-order valence-corrected chi connectivity index (χ0v) is 15.8. The van der Waals surface area contributed by atoms with Crippen LogP contribution in [0.25, 0.3) is 0 Å². The highest BCUT2D eigenvalue weighted by molar-refractivity contribution is 7.90. The molecule has 0 saturated carbocycles. The second-order valence-corrected chi connectivity index (χ2v) is 7.46. The van der Waals surface area contributed by atoms with Crippen LogP contribution in [-0.2, 0) is 14.8 Å². The molecule has 0 spiro atoms. The lowest BCUT2D eigenvalue weighted by Crippen LogP contribution is -2.30. The van der Waals surface area contributed by atoms with E-state index in [0.717, 1.165) is 0 Å². The van der Waals surface area contributed by atoms with Crippen molar-refractivity contribution >= 4 is 50.8 Å². The van der Waals surface area contributed by atoms with Crippen LogP contribution in [0.3, 0.4) is 0 Å². The number of aliphatic carboxylic acids is 1. The third-order valence-corrected chi connectivity index (χ3v) is 4.74. The minimum atomic E-state index is -5.08. The number of rotatable bonds is 3. The summed E-state index contributed by atoms with van der Waals surface area (Å²) in [6.45, 7) is 0. The lowest BCUT2D eigenvalue weighted by atomic mass is 10.2. The summed E-state index contributed by atoms with van der Waals surface area (Å²) in [4.78, 5) is 20.8. The maximum atomic E-state index is 12.1. The Morgan fingerprint density at radius 1 is 1.04 bits per heavy atom. The number of nitrogen functional groups attached to an aromatic ring is 1. The fourth-order valence-electron chi connectivity index (χ4n) is 1.57. The van der Waals surface area contributed by atoms with Crippen molar-refractivity contribution in [3.8, 4) is 0 Å². The van der Waals surface area contributed by atoms with Gasteiger partial charge in [0.15, 0.2) is 0 Å². The molecule has 0 aromatic heterocycles. The van der Waals surface area contributed by atoms with E-state index in [2.05, 4.69) is 0 Å². The van der Waals surface area contributed by atoms with Crippen molar-refractivity contribution in [1.82, 2.24) is 4.72 Å². The van der Waals surface area contributed by atoms with E-state index in [1.807, 2.05) is 4.72 Å². The van der Waals surface area contributed by atoms with Crippen LogP contribution < -0.4 is 10.5 Å². The molecular weight excluding hydrogens is 448 g/mol. The molecular formula is C15H11Cl2F3N2O5S. The van der Waals surface area contributed by atoms with Crippen molar-refractivity contribution in [3.05, 3.63) is 58.1 Å². The van der Waals surface area contributed by atoms with E-state index in [0.29, 0.717) is 10.7 Å². The average Bonchev–Trinajstić information content (AvgIpc) is 2.54. The Hall–Kier alpha value is -2.50. The number of hydrogen-bond donors (Lipinski definition) is 3. The molecule has 0 aliphatic heterocycles. The zero-order chi connectivity index (χ0) is 21.7. The fourth-order valence-corrected chi connectivity index (χ4v) is 2.93. The van der Waals surface area contributed by atoms with E-state index in [4.69, 9.17) is 38.8 Å². The fraction of sp³-hybridized carbons (Fsp3) is 0.0667. The molecule has 4 N–H and O–H groups in total. The third kappa shape index (κ3) is 6.91. The van der Waals surface area contributed by atoms with Crippen molar-refractivity contribution in [2.45, 2.75) is 11.1 Å². The lowest BCUT2D eigenvalue weighted by Gasteiger charge is -2.08. The molecule has 0 aliphatic rings. The van der Waals surface area contributed by atoms with Gasteiger partial charge in [0, 0.05) is 10.7 Å². The van der Waals surface area contributed by atoms with Gasteiger partial charge in [-0.1, -0.05) is 23.2 Å². The predicted octanol–water partition coefficient (Wildman–Crippen LogP) is 3.33. The number of amides is 1. The van der Waals surface area contributed by atoms with Crippen LogP contribution >= 0.6 is 23.2 Å². The van der Waals surface area contributed by atoms with Crippen LogP contribution in [-0.4, -0.2) is 31.6 Å². The van der Waals surface area contributed by atoms with Gasteiger partial charge >= 0.3 is 12.1 Å². The zero-order valence-electron chi connectivity index (χ0n) is 13.5. The minimum Gasteiger partial charge on any atom is -0.475 e. The molecule has 2 aromatic carbocycles. The number of hydrogen-bond acceptors (Lipinski definition) is 5. The van der Waals surface area contributed by atoms with Crippen LogP contribution in [0.2, 0.25) is 10.0 Å². The monoisotopic (exact) mass is 458 g/mol. The molecule has 0 radical (unpaired) electrons.